The fraction of sp³-hybridized carbons (Fsp3) is 0.357. The first-order valence-corrected chi connectivity index (χ1v) is 6.59. The number of aromatic nitrogens is 2. The highest BCUT2D eigenvalue weighted by Crippen LogP contribution is 2.26. The predicted molar refractivity (Wildman–Crippen MR) is 77.6 cm³/mol. The number of non-ortho nitro benzene ring substituents is 1. The van der Waals surface area contributed by atoms with Crippen molar-refractivity contribution in [3.8, 4) is 0 Å². The van der Waals surface area contributed by atoms with Gasteiger partial charge in [0.2, 0.25) is 0 Å². The summed E-state index contributed by atoms with van der Waals surface area (Å²) in [6, 6.07) is 6.82. The average Bonchev–Trinajstić information content (AvgIpc) is 2.84. The Kier molecular flexibility index (Phi) is 4.34. The molecule has 106 valence electrons. The summed E-state index contributed by atoms with van der Waals surface area (Å²) in [4.78, 5) is 10.5. The normalized spacial score (nSPS) is 12.1. The van der Waals surface area contributed by atoms with Gasteiger partial charge in [-0.25, -0.2) is 0 Å². The molecule has 20 heavy (non-hydrogen) atoms. The Morgan fingerprint density at radius 1 is 1.50 bits per heavy atom. The number of anilines is 1. The first kappa shape index (κ1) is 14.0. The number of nitrogens with one attached hydrogen (secondary N) is 1. The van der Waals surface area contributed by atoms with Crippen molar-refractivity contribution in [2.75, 3.05) is 5.32 Å². The Morgan fingerprint density at radius 2 is 2.30 bits per heavy atom. The summed E-state index contributed by atoms with van der Waals surface area (Å²) in [5.74, 6) is 0. The quantitative estimate of drug-likeness (QED) is 0.648. The second-order valence-corrected chi connectivity index (χ2v) is 4.74. The zero-order valence-corrected chi connectivity index (χ0v) is 11.6. The summed E-state index contributed by atoms with van der Waals surface area (Å²) in [5.41, 5.74) is 1.96. The summed E-state index contributed by atoms with van der Waals surface area (Å²) >= 11 is 0. The molecule has 0 aliphatic heterocycles. The lowest BCUT2D eigenvalue weighted by Crippen LogP contribution is -2.10. The van der Waals surface area contributed by atoms with Crippen LogP contribution in [0.3, 0.4) is 0 Å². The molecule has 1 heterocycles. The molecule has 1 aromatic heterocycles. The van der Waals surface area contributed by atoms with Crippen molar-refractivity contribution >= 4 is 11.4 Å². The van der Waals surface area contributed by atoms with Crippen LogP contribution in [0.5, 0.6) is 0 Å². The summed E-state index contributed by atoms with van der Waals surface area (Å²) in [6.45, 7) is 2.09. The van der Waals surface area contributed by atoms with Crippen molar-refractivity contribution in [2.45, 2.75) is 25.8 Å². The van der Waals surface area contributed by atoms with Gasteiger partial charge in [0.25, 0.3) is 5.69 Å². The Hall–Kier alpha value is -2.37. The molecule has 2 aromatic rings. The van der Waals surface area contributed by atoms with Gasteiger partial charge in [-0.2, -0.15) is 5.10 Å². The Labute approximate surface area is 117 Å². The maximum Gasteiger partial charge on any atom is 0.269 e. The molecule has 0 aliphatic carbocycles. The lowest BCUT2D eigenvalue weighted by molar-refractivity contribution is -0.384. The van der Waals surface area contributed by atoms with E-state index >= 15 is 0 Å². The molecule has 1 N–H and O–H groups in total. The number of aryl methyl sites for hydroxylation is 1. The molecule has 2 rings (SSSR count). The van der Waals surface area contributed by atoms with E-state index in [1.54, 1.807) is 23.0 Å². The van der Waals surface area contributed by atoms with Gasteiger partial charge < -0.3 is 5.32 Å². The van der Waals surface area contributed by atoms with Crippen LogP contribution in [0.15, 0.2) is 36.7 Å². The van der Waals surface area contributed by atoms with Crippen LogP contribution in [0.1, 0.15) is 31.4 Å². The molecule has 0 fully saturated rings. The zero-order chi connectivity index (χ0) is 14.5. The van der Waals surface area contributed by atoms with Crippen molar-refractivity contribution in [3.63, 3.8) is 0 Å². The fourth-order valence-electron chi connectivity index (χ4n) is 2.16. The number of nitro groups is 1. The topological polar surface area (TPSA) is 73.0 Å². The third-order valence-corrected chi connectivity index (χ3v) is 3.11. The molecule has 1 aromatic carbocycles. The van der Waals surface area contributed by atoms with E-state index in [-0.39, 0.29) is 16.7 Å². The van der Waals surface area contributed by atoms with Gasteiger partial charge in [-0.15, -0.1) is 0 Å². The van der Waals surface area contributed by atoms with Gasteiger partial charge in [0, 0.05) is 25.4 Å². The Morgan fingerprint density at radius 3 is 2.90 bits per heavy atom. The summed E-state index contributed by atoms with van der Waals surface area (Å²) < 4.78 is 1.72. The van der Waals surface area contributed by atoms with Crippen LogP contribution in [-0.2, 0) is 7.05 Å². The highest BCUT2D eigenvalue weighted by atomic mass is 16.6. The van der Waals surface area contributed by atoms with Gasteiger partial charge in [0.1, 0.15) is 0 Å². The van der Waals surface area contributed by atoms with Crippen LogP contribution in [0.2, 0.25) is 0 Å². The molecule has 0 saturated heterocycles. The minimum absolute atomic E-state index is 0.0455. The Bertz CT molecular complexity index is 594. The molecular formula is C14H18N4O2. The molecule has 1 atom stereocenters. The first-order chi connectivity index (χ1) is 9.60. The van der Waals surface area contributed by atoms with E-state index in [0.29, 0.717) is 0 Å². The van der Waals surface area contributed by atoms with Crippen LogP contribution in [-0.4, -0.2) is 14.7 Å². The van der Waals surface area contributed by atoms with E-state index < -0.39 is 0 Å². The summed E-state index contributed by atoms with van der Waals surface area (Å²) in [5, 5.41) is 18.4. The molecule has 6 heteroatoms. The summed E-state index contributed by atoms with van der Waals surface area (Å²) in [6.07, 6.45) is 5.52. The molecule has 0 spiro atoms. The predicted octanol–water partition coefficient (Wildman–Crippen LogP) is 3.28. The SMILES string of the molecule is CCCC(Nc1cnn(C)c1)c1cccc([N+](=O)[O-])c1. The van der Waals surface area contributed by atoms with Gasteiger partial charge in [-0.1, -0.05) is 25.5 Å². The van der Waals surface area contributed by atoms with E-state index in [2.05, 4.69) is 17.3 Å². The van der Waals surface area contributed by atoms with Crippen LogP contribution in [0.4, 0.5) is 11.4 Å². The van der Waals surface area contributed by atoms with E-state index in [4.69, 9.17) is 0 Å². The smallest absolute Gasteiger partial charge is 0.269 e. The highest BCUT2D eigenvalue weighted by Gasteiger charge is 2.14. The molecule has 0 saturated carbocycles. The zero-order valence-electron chi connectivity index (χ0n) is 11.6. The average molecular weight is 274 g/mol. The molecule has 0 aliphatic rings. The van der Waals surface area contributed by atoms with Crippen molar-refractivity contribution < 1.29 is 4.92 Å². The lowest BCUT2D eigenvalue weighted by atomic mass is 10.0. The monoisotopic (exact) mass is 274 g/mol. The van der Waals surface area contributed by atoms with E-state index in [1.165, 1.54) is 6.07 Å². The molecule has 0 bridgehead atoms. The fourth-order valence-corrected chi connectivity index (χ4v) is 2.16. The van der Waals surface area contributed by atoms with Crippen molar-refractivity contribution in [1.29, 1.82) is 0 Å². The molecule has 0 amide bonds. The third-order valence-electron chi connectivity index (χ3n) is 3.11. The largest absolute Gasteiger partial charge is 0.376 e. The van der Waals surface area contributed by atoms with Gasteiger partial charge in [0.05, 0.1) is 22.8 Å². The van der Waals surface area contributed by atoms with E-state index in [0.717, 1.165) is 24.1 Å². The number of rotatable bonds is 6. The number of hydrogen-bond donors (Lipinski definition) is 1. The van der Waals surface area contributed by atoms with Crippen molar-refractivity contribution in [2.24, 2.45) is 7.05 Å². The van der Waals surface area contributed by atoms with Crippen LogP contribution in [0, 0.1) is 10.1 Å². The maximum atomic E-state index is 10.9. The number of benzene rings is 1. The molecule has 1 unspecified atom stereocenters. The first-order valence-electron chi connectivity index (χ1n) is 6.59. The van der Waals surface area contributed by atoms with Gasteiger partial charge in [-0.3, -0.25) is 14.8 Å². The lowest BCUT2D eigenvalue weighted by Gasteiger charge is -2.18. The third kappa shape index (κ3) is 3.34. The molecule has 0 radical (unpaired) electrons. The van der Waals surface area contributed by atoms with Gasteiger partial charge in [0.15, 0.2) is 0 Å². The second-order valence-electron chi connectivity index (χ2n) is 4.74. The van der Waals surface area contributed by atoms with Crippen LogP contribution in [0.25, 0.3) is 0 Å². The van der Waals surface area contributed by atoms with Gasteiger partial charge >= 0.3 is 0 Å². The molecule has 6 nitrogen and oxygen atoms in total. The minimum Gasteiger partial charge on any atom is -0.376 e. The van der Waals surface area contributed by atoms with E-state index in [9.17, 15) is 10.1 Å². The Balaban J connectivity index is 2.23. The summed E-state index contributed by atoms with van der Waals surface area (Å²) in [7, 11) is 1.85. The molecular weight excluding hydrogens is 256 g/mol. The standard InChI is InChI=1S/C14H18N4O2/c1-3-5-14(16-12-9-15-17(2)10-12)11-6-4-7-13(8-11)18(19)20/h4,6-10,14,16H,3,5H2,1-2H3. The van der Waals surface area contributed by atoms with E-state index in [1.807, 2.05) is 19.3 Å². The van der Waals surface area contributed by atoms with Crippen molar-refractivity contribution in [3.05, 3.63) is 52.3 Å². The second kappa shape index (κ2) is 6.18. The van der Waals surface area contributed by atoms with Crippen LogP contribution < -0.4 is 5.32 Å². The minimum atomic E-state index is -0.365. The van der Waals surface area contributed by atoms with Crippen LogP contribution >= 0.6 is 0 Å². The highest BCUT2D eigenvalue weighted by molar-refractivity contribution is 5.44. The number of nitrogens with zero attached hydrogens (tertiary/aromatic N) is 3. The maximum absolute atomic E-state index is 10.9. The van der Waals surface area contributed by atoms with Crippen molar-refractivity contribution in [1.82, 2.24) is 9.78 Å². The number of nitro benzene ring substituents is 1. The van der Waals surface area contributed by atoms with Gasteiger partial charge in [-0.05, 0) is 12.0 Å². The number of hydrogen-bond acceptors (Lipinski definition) is 4.